The van der Waals surface area contributed by atoms with Crippen molar-refractivity contribution >= 4 is 10.0 Å². The first-order chi connectivity index (χ1) is 9.77. The second-order valence-electron chi connectivity index (χ2n) is 6.23. The van der Waals surface area contributed by atoms with Crippen LogP contribution in [0.1, 0.15) is 37.3 Å². The lowest BCUT2D eigenvalue weighted by Gasteiger charge is -2.38. The third-order valence-electron chi connectivity index (χ3n) is 4.23. The van der Waals surface area contributed by atoms with Crippen LogP contribution in [0.25, 0.3) is 0 Å². The summed E-state index contributed by atoms with van der Waals surface area (Å²) in [5, 5.41) is 2.85. The van der Waals surface area contributed by atoms with Gasteiger partial charge in [-0.05, 0) is 49.9 Å². The highest BCUT2D eigenvalue weighted by Gasteiger charge is 2.33. The third-order valence-corrected chi connectivity index (χ3v) is 5.61. The molecule has 1 aromatic carbocycles. The van der Waals surface area contributed by atoms with E-state index >= 15 is 0 Å². The molecule has 1 fully saturated rings. The smallest absolute Gasteiger partial charge is 0.240 e. The van der Waals surface area contributed by atoms with E-state index in [1.165, 1.54) is 12.1 Å². The monoisotopic (exact) mass is 314 g/mol. The van der Waals surface area contributed by atoms with E-state index in [2.05, 4.69) is 17.0 Å². The topological polar surface area (TPSA) is 58.2 Å². The van der Waals surface area contributed by atoms with E-state index in [-0.39, 0.29) is 16.1 Å². The van der Waals surface area contributed by atoms with Gasteiger partial charge in [-0.2, -0.15) is 0 Å². The van der Waals surface area contributed by atoms with Gasteiger partial charge in [0.25, 0.3) is 0 Å². The van der Waals surface area contributed by atoms with Crippen molar-refractivity contribution in [3.63, 3.8) is 0 Å². The number of hydrogen-bond acceptors (Lipinski definition) is 3. The summed E-state index contributed by atoms with van der Waals surface area (Å²) in [4.78, 5) is 0.134. The number of halogens is 1. The fourth-order valence-electron chi connectivity index (χ4n) is 2.59. The maximum atomic E-state index is 13.9. The number of hydrogen-bond donors (Lipinski definition) is 2. The predicted octanol–water partition coefficient (Wildman–Crippen LogP) is 2.32. The van der Waals surface area contributed by atoms with E-state index in [0.717, 1.165) is 19.3 Å². The zero-order valence-electron chi connectivity index (χ0n) is 12.8. The van der Waals surface area contributed by atoms with Crippen LogP contribution in [-0.4, -0.2) is 22.0 Å². The molecular weight excluding hydrogens is 291 g/mol. The Morgan fingerprint density at radius 3 is 2.52 bits per heavy atom. The van der Waals surface area contributed by atoms with Crippen LogP contribution < -0.4 is 10.0 Å². The molecule has 118 valence electrons. The van der Waals surface area contributed by atoms with Crippen LogP contribution in [-0.2, 0) is 16.6 Å². The molecule has 2 N–H and O–H groups in total. The van der Waals surface area contributed by atoms with Crippen LogP contribution in [0.5, 0.6) is 0 Å². The first kappa shape index (κ1) is 16.4. The molecule has 0 saturated heterocycles. The lowest BCUT2D eigenvalue weighted by atomic mass is 9.71. The van der Waals surface area contributed by atoms with Crippen LogP contribution >= 0.6 is 0 Å². The third kappa shape index (κ3) is 3.62. The summed E-state index contributed by atoms with van der Waals surface area (Å²) in [6.07, 6.45) is 3.24. The summed E-state index contributed by atoms with van der Waals surface area (Å²) in [6.45, 7) is 4.41. The summed E-state index contributed by atoms with van der Waals surface area (Å²) in [5.74, 6) is -0.353. The highest BCUT2D eigenvalue weighted by Crippen LogP contribution is 2.39. The molecule has 21 heavy (non-hydrogen) atoms. The highest BCUT2D eigenvalue weighted by molar-refractivity contribution is 7.89. The van der Waals surface area contributed by atoms with Gasteiger partial charge in [-0.1, -0.05) is 13.3 Å². The molecule has 0 aliphatic heterocycles. The molecular formula is C15H23FN2O2S. The van der Waals surface area contributed by atoms with E-state index in [1.54, 1.807) is 14.0 Å². The molecule has 1 aromatic rings. The maximum absolute atomic E-state index is 13.9. The summed E-state index contributed by atoms with van der Waals surface area (Å²) < 4.78 is 41.4. The lowest BCUT2D eigenvalue weighted by molar-refractivity contribution is 0.166. The van der Waals surface area contributed by atoms with E-state index in [4.69, 9.17) is 0 Å². The van der Waals surface area contributed by atoms with Crippen molar-refractivity contribution in [3.8, 4) is 0 Å². The molecule has 0 bridgehead atoms. The number of rotatable bonds is 6. The molecule has 0 aromatic heterocycles. The van der Waals surface area contributed by atoms with E-state index < -0.39 is 10.0 Å². The van der Waals surface area contributed by atoms with Gasteiger partial charge in [-0.15, -0.1) is 0 Å². The quantitative estimate of drug-likeness (QED) is 0.847. The van der Waals surface area contributed by atoms with Gasteiger partial charge in [-0.25, -0.2) is 17.5 Å². The predicted molar refractivity (Wildman–Crippen MR) is 81.0 cm³/mol. The first-order valence-corrected chi connectivity index (χ1v) is 8.69. The molecule has 2 rings (SSSR count). The Bertz CT molecular complexity index is 625. The van der Waals surface area contributed by atoms with Crippen molar-refractivity contribution < 1.29 is 12.8 Å². The Hall–Kier alpha value is -0.980. The molecule has 0 heterocycles. The minimum atomic E-state index is -3.59. The van der Waals surface area contributed by atoms with E-state index in [1.807, 2.05) is 0 Å². The minimum Gasteiger partial charge on any atom is -0.316 e. The van der Waals surface area contributed by atoms with E-state index in [9.17, 15) is 12.8 Å². The summed E-state index contributed by atoms with van der Waals surface area (Å²) in [7, 11) is -1.89. The molecule has 0 unspecified atom stereocenters. The molecule has 1 aliphatic rings. The van der Waals surface area contributed by atoms with E-state index in [0.29, 0.717) is 24.2 Å². The van der Waals surface area contributed by atoms with Crippen molar-refractivity contribution in [1.29, 1.82) is 0 Å². The Balaban J connectivity index is 2.22. The molecule has 4 nitrogen and oxygen atoms in total. The van der Waals surface area contributed by atoms with Crippen LogP contribution in [0.15, 0.2) is 17.0 Å². The van der Waals surface area contributed by atoms with Gasteiger partial charge in [0.05, 0.1) is 4.90 Å². The van der Waals surface area contributed by atoms with Gasteiger partial charge >= 0.3 is 0 Å². The van der Waals surface area contributed by atoms with Gasteiger partial charge in [0, 0.05) is 18.7 Å². The zero-order chi connectivity index (χ0) is 15.7. The Morgan fingerprint density at radius 1 is 1.33 bits per heavy atom. The summed E-state index contributed by atoms with van der Waals surface area (Å²) in [5.41, 5.74) is 0.779. The van der Waals surface area contributed by atoms with Gasteiger partial charge < -0.3 is 5.32 Å². The molecule has 0 radical (unpaired) electrons. The van der Waals surface area contributed by atoms with Crippen molar-refractivity contribution in [2.24, 2.45) is 5.41 Å². The average molecular weight is 314 g/mol. The number of nitrogens with one attached hydrogen (secondary N) is 2. The van der Waals surface area contributed by atoms with Gasteiger partial charge in [0.1, 0.15) is 5.82 Å². The molecule has 0 amide bonds. The average Bonchev–Trinajstić information content (AvgIpc) is 2.39. The Morgan fingerprint density at radius 2 is 2.00 bits per heavy atom. The van der Waals surface area contributed by atoms with Crippen LogP contribution in [0.2, 0.25) is 0 Å². The van der Waals surface area contributed by atoms with Crippen molar-refractivity contribution in [3.05, 3.63) is 29.1 Å². The number of sulfonamides is 1. The van der Waals surface area contributed by atoms with Crippen molar-refractivity contribution in [2.75, 3.05) is 13.6 Å². The number of benzene rings is 1. The molecule has 6 heteroatoms. The van der Waals surface area contributed by atoms with Crippen LogP contribution in [0.3, 0.4) is 0 Å². The molecule has 0 atom stereocenters. The number of aryl methyl sites for hydroxylation is 1. The van der Waals surface area contributed by atoms with Crippen molar-refractivity contribution in [1.82, 2.24) is 10.0 Å². The highest BCUT2D eigenvalue weighted by atomic mass is 32.2. The molecule has 1 aliphatic carbocycles. The molecule has 1 saturated carbocycles. The largest absolute Gasteiger partial charge is 0.316 e. The molecule has 0 spiro atoms. The summed E-state index contributed by atoms with van der Waals surface area (Å²) >= 11 is 0. The summed E-state index contributed by atoms with van der Waals surface area (Å²) in [6, 6.07) is 2.80. The first-order valence-electron chi connectivity index (χ1n) is 7.21. The Kier molecular flexibility index (Phi) is 4.70. The van der Waals surface area contributed by atoms with Gasteiger partial charge in [-0.3, -0.25) is 0 Å². The van der Waals surface area contributed by atoms with Crippen molar-refractivity contribution in [2.45, 2.75) is 44.6 Å². The minimum absolute atomic E-state index is 0.0654. The normalized spacial score (nSPS) is 17.5. The fourth-order valence-corrected chi connectivity index (χ4v) is 3.93. The second kappa shape index (κ2) is 6.02. The lowest BCUT2D eigenvalue weighted by Crippen LogP contribution is -2.39. The maximum Gasteiger partial charge on any atom is 0.240 e. The van der Waals surface area contributed by atoms with Gasteiger partial charge in [0.15, 0.2) is 0 Å². The fraction of sp³-hybridized carbons (Fsp3) is 0.600. The van der Waals surface area contributed by atoms with Crippen LogP contribution in [0.4, 0.5) is 4.39 Å². The zero-order valence-corrected chi connectivity index (χ0v) is 13.6. The standard InChI is InChI=1S/C15H23FN2O2S/c1-11-7-13(8-12(9-17-3)14(11)16)21(19,20)18-10-15(2)5-4-6-15/h7-8,17-18H,4-6,9-10H2,1-3H3. The SMILES string of the molecule is CNCc1cc(S(=O)(=O)NCC2(C)CCC2)cc(C)c1F. The second-order valence-corrected chi connectivity index (χ2v) is 8.00. The van der Waals surface area contributed by atoms with Crippen LogP contribution in [0, 0.1) is 18.2 Å². The van der Waals surface area contributed by atoms with Gasteiger partial charge in [0.2, 0.25) is 10.0 Å². The Labute approximate surface area is 126 Å².